The minimum absolute atomic E-state index is 0.154. The van der Waals surface area contributed by atoms with E-state index in [1.54, 1.807) is 23.2 Å². The topological polar surface area (TPSA) is 80.8 Å². The highest BCUT2D eigenvalue weighted by Gasteiger charge is 2.31. The van der Waals surface area contributed by atoms with E-state index in [1.165, 1.54) is 0 Å². The molecule has 1 fully saturated rings. The number of piperidine rings is 1. The predicted octanol–water partition coefficient (Wildman–Crippen LogP) is 3.46. The second-order valence-electron chi connectivity index (χ2n) is 7.45. The van der Waals surface area contributed by atoms with Crippen LogP contribution in [-0.2, 0) is 9.53 Å². The molecule has 0 bridgehead atoms. The molecule has 144 valence electrons. The molecule has 0 saturated carbocycles. The lowest BCUT2D eigenvalue weighted by Crippen LogP contribution is -2.45. The van der Waals surface area contributed by atoms with Gasteiger partial charge in [-0.1, -0.05) is 6.92 Å². The molecule has 1 unspecified atom stereocenters. The number of aromatic nitrogens is 1. The van der Waals surface area contributed by atoms with Crippen LogP contribution < -0.4 is 10.1 Å². The average Bonchev–Trinajstić information content (AvgIpc) is 2.59. The van der Waals surface area contributed by atoms with E-state index in [1.807, 2.05) is 27.7 Å². The molecular weight excluding hydrogens is 334 g/mol. The Bertz CT molecular complexity index is 627. The van der Waals surface area contributed by atoms with E-state index in [9.17, 15) is 9.59 Å². The number of carbonyl (C=O) groups is 2. The van der Waals surface area contributed by atoms with Gasteiger partial charge in [0.1, 0.15) is 5.60 Å². The van der Waals surface area contributed by atoms with Crippen molar-refractivity contribution in [1.29, 1.82) is 0 Å². The third-order valence-corrected chi connectivity index (χ3v) is 3.92. The molecule has 1 aromatic heterocycles. The molecule has 1 aliphatic heterocycles. The van der Waals surface area contributed by atoms with Crippen LogP contribution in [0.15, 0.2) is 18.3 Å². The first kappa shape index (κ1) is 20.0. The van der Waals surface area contributed by atoms with Crippen molar-refractivity contribution in [2.45, 2.75) is 52.6 Å². The SMILES string of the molecule is CCCOc1cccnc1NC(=O)C1CCCN(C(=O)OC(C)(C)C)C1. The lowest BCUT2D eigenvalue weighted by atomic mass is 9.97. The van der Waals surface area contributed by atoms with E-state index in [2.05, 4.69) is 10.3 Å². The minimum atomic E-state index is -0.550. The van der Waals surface area contributed by atoms with E-state index in [4.69, 9.17) is 9.47 Å². The van der Waals surface area contributed by atoms with Gasteiger partial charge in [0, 0.05) is 19.3 Å². The van der Waals surface area contributed by atoms with Gasteiger partial charge in [0.2, 0.25) is 5.91 Å². The summed E-state index contributed by atoms with van der Waals surface area (Å²) in [5, 5.41) is 2.84. The summed E-state index contributed by atoms with van der Waals surface area (Å²) in [6.45, 7) is 9.02. The molecule has 7 nitrogen and oxygen atoms in total. The Morgan fingerprint density at radius 3 is 2.85 bits per heavy atom. The number of pyridine rings is 1. The number of nitrogens with one attached hydrogen (secondary N) is 1. The fourth-order valence-corrected chi connectivity index (χ4v) is 2.72. The Morgan fingerprint density at radius 2 is 2.15 bits per heavy atom. The van der Waals surface area contributed by atoms with Gasteiger partial charge in [0.05, 0.1) is 12.5 Å². The van der Waals surface area contributed by atoms with Crippen molar-refractivity contribution in [2.75, 3.05) is 25.0 Å². The van der Waals surface area contributed by atoms with Crippen LogP contribution in [0.25, 0.3) is 0 Å². The molecule has 26 heavy (non-hydrogen) atoms. The third kappa shape index (κ3) is 5.89. The first-order chi connectivity index (χ1) is 12.3. The number of hydrogen-bond acceptors (Lipinski definition) is 5. The lowest BCUT2D eigenvalue weighted by Gasteiger charge is -2.33. The van der Waals surface area contributed by atoms with Crippen LogP contribution in [0.2, 0.25) is 0 Å². The molecule has 0 spiro atoms. The highest BCUT2D eigenvalue weighted by Crippen LogP contribution is 2.24. The monoisotopic (exact) mass is 363 g/mol. The lowest BCUT2D eigenvalue weighted by molar-refractivity contribution is -0.121. The van der Waals surface area contributed by atoms with E-state index < -0.39 is 5.60 Å². The summed E-state index contributed by atoms with van der Waals surface area (Å²) < 4.78 is 11.0. The van der Waals surface area contributed by atoms with Crippen molar-refractivity contribution in [3.05, 3.63) is 18.3 Å². The molecule has 1 aliphatic rings. The van der Waals surface area contributed by atoms with Crippen LogP contribution in [0.4, 0.5) is 10.6 Å². The molecule has 1 saturated heterocycles. The molecule has 1 aromatic rings. The summed E-state index contributed by atoms with van der Waals surface area (Å²) in [6.07, 6.45) is 3.60. The minimum Gasteiger partial charge on any atom is -0.490 e. The molecule has 1 atom stereocenters. The standard InChI is InChI=1S/C19H29N3O4/c1-5-12-25-15-9-6-10-20-16(15)21-17(23)14-8-7-11-22(13-14)18(24)26-19(2,3)4/h6,9-10,14H,5,7-8,11-13H2,1-4H3,(H,20,21,23). The number of likely N-dealkylation sites (tertiary alicyclic amines) is 1. The molecule has 2 rings (SSSR count). The highest BCUT2D eigenvalue weighted by atomic mass is 16.6. The fraction of sp³-hybridized carbons (Fsp3) is 0.632. The number of ether oxygens (including phenoxy) is 2. The van der Waals surface area contributed by atoms with Gasteiger partial charge >= 0.3 is 6.09 Å². The number of nitrogens with zero attached hydrogens (tertiary/aromatic N) is 2. The first-order valence-electron chi connectivity index (χ1n) is 9.16. The number of rotatable bonds is 5. The number of amides is 2. The zero-order valence-corrected chi connectivity index (χ0v) is 16.1. The molecule has 1 N–H and O–H groups in total. The van der Waals surface area contributed by atoms with E-state index in [0.29, 0.717) is 31.3 Å². The van der Waals surface area contributed by atoms with Crippen molar-refractivity contribution in [2.24, 2.45) is 5.92 Å². The summed E-state index contributed by atoms with van der Waals surface area (Å²) in [6, 6.07) is 3.55. The predicted molar refractivity (Wildman–Crippen MR) is 99.2 cm³/mol. The van der Waals surface area contributed by atoms with Gasteiger partial charge in [-0.3, -0.25) is 4.79 Å². The molecule has 0 aromatic carbocycles. The largest absolute Gasteiger partial charge is 0.490 e. The summed E-state index contributed by atoms with van der Waals surface area (Å²) in [5.74, 6) is 0.526. The van der Waals surface area contributed by atoms with Crippen molar-refractivity contribution in [3.8, 4) is 5.75 Å². The Kier molecular flexibility index (Phi) is 6.83. The van der Waals surface area contributed by atoms with Crippen LogP contribution >= 0.6 is 0 Å². The Hall–Kier alpha value is -2.31. The Morgan fingerprint density at radius 1 is 1.38 bits per heavy atom. The van der Waals surface area contributed by atoms with E-state index in [-0.39, 0.29) is 17.9 Å². The van der Waals surface area contributed by atoms with Crippen LogP contribution in [0, 0.1) is 5.92 Å². The Labute approximate surface area is 155 Å². The number of carbonyl (C=O) groups excluding carboxylic acids is 2. The zero-order chi connectivity index (χ0) is 19.2. The summed E-state index contributed by atoms with van der Waals surface area (Å²) in [7, 11) is 0. The molecule has 0 radical (unpaired) electrons. The molecule has 2 amide bonds. The molecule has 2 heterocycles. The normalized spacial score (nSPS) is 17.5. The van der Waals surface area contributed by atoms with Gasteiger partial charge in [0.15, 0.2) is 11.6 Å². The Balaban J connectivity index is 1.98. The van der Waals surface area contributed by atoms with Gasteiger partial charge in [-0.25, -0.2) is 9.78 Å². The van der Waals surface area contributed by atoms with Gasteiger partial charge in [-0.2, -0.15) is 0 Å². The fourth-order valence-electron chi connectivity index (χ4n) is 2.72. The summed E-state index contributed by atoms with van der Waals surface area (Å²) >= 11 is 0. The second kappa shape index (κ2) is 8.87. The van der Waals surface area contributed by atoms with Gasteiger partial charge in [-0.05, 0) is 52.2 Å². The third-order valence-electron chi connectivity index (χ3n) is 3.92. The smallest absolute Gasteiger partial charge is 0.410 e. The maximum absolute atomic E-state index is 12.7. The van der Waals surface area contributed by atoms with Gasteiger partial charge in [-0.15, -0.1) is 0 Å². The summed E-state index contributed by atoms with van der Waals surface area (Å²) in [5.41, 5.74) is -0.550. The van der Waals surface area contributed by atoms with Crippen LogP contribution in [0.1, 0.15) is 47.0 Å². The van der Waals surface area contributed by atoms with Gasteiger partial charge in [0.25, 0.3) is 0 Å². The number of hydrogen-bond donors (Lipinski definition) is 1. The molecule has 7 heteroatoms. The molecule has 0 aliphatic carbocycles. The van der Waals surface area contributed by atoms with Crippen LogP contribution in [-0.4, -0.2) is 47.2 Å². The first-order valence-corrected chi connectivity index (χ1v) is 9.16. The average molecular weight is 363 g/mol. The zero-order valence-electron chi connectivity index (χ0n) is 16.1. The molecular formula is C19H29N3O4. The van der Waals surface area contributed by atoms with Crippen molar-refractivity contribution in [3.63, 3.8) is 0 Å². The quantitative estimate of drug-likeness (QED) is 0.866. The maximum atomic E-state index is 12.7. The van der Waals surface area contributed by atoms with Crippen molar-refractivity contribution < 1.29 is 19.1 Å². The van der Waals surface area contributed by atoms with E-state index in [0.717, 1.165) is 19.3 Å². The maximum Gasteiger partial charge on any atom is 0.410 e. The number of anilines is 1. The van der Waals surface area contributed by atoms with Gasteiger partial charge < -0.3 is 19.7 Å². The second-order valence-corrected chi connectivity index (χ2v) is 7.45. The van der Waals surface area contributed by atoms with Crippen LogP contribution in [0.5, 0.6) is 5.75 Å². The van der Waals surface area contributed by atoms with Crippen molar-refractivity contribution in [1.82, 2.24) is 9.88 Å². The van der Waals surface area contributed by atoms with E-state index >= 15 is 0 Å². The summed E-state index contributed by atoms with van der Waals surface area (Å²) in [4.78, 5) is 30.7. The highest BCUT2D eigenvalue weighted by molar-refractivity contribution is 5.93. The van der Waals surface area contributed by atoms with Crippen LogP contribution in [0.3, 0.4) is 0 Å². The van der Waals surface area contributed by atoms with Crippen molar-refractivity contribution >= 4 is 17.8 Å².